The molecule has 0 spiro atoms. The lowest BCUT2D eigenvalue weighted by Crippen LogP contribution is -2.14. The van der Waals surface area contributed by atoms with E-state index in [0.29, 0.717) is 5.56 Å². The van der Waals surface area contributed by atoms with Crippen molar-refractivity contribution in [1.82, 2.24) is 0 Å². The van der Waals surface area contributed by atoms with Crippen LogP contribution in [-0.4, -0.2) is 37.1 Å². The summed E-state index contributed by atoms with van der Waals surface area (Å²) >= 11 is 0. The molecule has 0 saturated carbocycles. The van der Waals surface area contributed by atoms with Gasteiger partial charge >= 0.3 is 6.09 Å². The molecule has 10 nitrogen and oxygen atoms in total. The quantitative estimate of drug-likeness (QED) is 0.425. The maximum atomic E-state index is 12.2. The predicted octanol–water partition coefficient (Wildman–Crippen LogP) is 2.79. The van der Waals surface area contributed by atoms with E-state index in [2.05, 4.69) is 5.32 Å². The van der Waals surface area contributed by atoms with Gasteiger partial charge in [-0.25, -0.2) is 4.79 Å². The molecule has 3 aromatic rings. The van der Waals surface area contributed by atoms with E-state index >= 15 is 0 Å². The van der Waals surface area contributed by atoms with Crippen LogP contribution in [0.1, 0.15) is 5.56 Å². The Kier molecular flexibility index (Phi) is 5.67. The van der Waals surface area contributed by atoms with E-state index < -0.39 is 41.9 Å². The topological polar surface area (TPSA) is 167 Å². The fourth-order valence-corrected chi connectivity index (χ4v) is 3.78. The number of nitrogens with one attached hydrogen (secondary N) is 1. The van der Waals surface area contributed by atoms with Crippen LogP contribution in [0.5, 0.6) is 5.75 Å². The minimum atomic E-state index is -4.75. The predicted molar refractivity (Wildman–Crippen MR) is 105 cm³/mol. The first-order chi connectivity index (χ1) is 13.9. The lowest BCUT2D eigenvalue weighted by atomic mass is 10.1. The molecule has 0 bridgehead atoms. The molecule has 0 aliphatic carbocycles. The van der Waals surface area contributed by atoms with Gasteiger partial charge in [-0.3, -0.25) is 14.4 Å². The van der Waals surface area contributed by atoms with Gasteiger partial charge < -0.3 is 9.84 Å². The van der Waals surface area contributed by atoms with E-state index in [0.717, 1.165) is 24.3 Å². The first-order valence-electron chi connectivity index (χ1n) is 8.18. The molecular weight excluding hydrogens is 438 g/mol. The normalized spacial score (nSPS) is 11.9. The van der Waals surface area contributed by atoms with Crippen LogP contribution in [0, 0.1) is 0 Å². The molecule has 1 amide bonds. The summed E-state index contributed by atoms with van der Waals surface area (Å²) in [5.41, 5.74) is 0.419. The van der Waals surface area contributed by atoms with Crippen LogP contribution in [0.2, 0.25) is 0 Å². The second kappa shape index (κ2) is 7.91. The van der Waals surface area contributed by atoms with E-state index in [1.54, 1.807) is 30.3 Å². The van der Waals surface area contributed by atoms with Crippen LogP contribution in [0.3, 0.4) is 0 Å². The van der Waals surface area contributed by atoms with Crippen LogP contribution < -0.4 is 5.32 Å². The molecule has 0 aliphatic rings. The van der Waals surface area contributed by atoms with Gasteiger partial charge in [0.2, 0.25) is 0 Å². The van der Waals surface area contributed by atoms with Crippen LogP contribution >= 0.6 is 0 Å². The minimum Gasteiger partial charge on any atom is -0.507 e. The van der Waals surface area contributed by atoms with Gasteiger partial charge in [-0.15, -0.1) is 0 Å². The van der Waals surface area contributed by atoms with Crippen LogP contribution in [0.25, 0.3) is 10.8 Å². The van der Waals surface area contributed by atoms with Gasteiger partial charge in [-0.05, 0) is 29.1 Å². The average Bonchev–Trinajstić information content (AvgIpc) is 2.65. The number of aromatic hydroxyl groups is 1. The number of ether oxygens (including phenoxy) is 1. The van der Waals surface area contributed by atoms with Crippen LogP contribution in [0.4, 0.5) is 10.5 Å². The second-order valence-electron chi connectivity index (χ2n) is 6.15. The molecule has 12 heteroatoms. The van der Waals surface area contributed by atoms with E-state index in [1.165, 1.54) is 0 Å². The monoisotopic (exact) mass is 453 g/mol. The molecule has 0 radical (unpaired) electrons. The van der Waals surface area contributed by atoms with Crippen molar-refractivity contribution in [2.75, 3.05) is 5.32 Å². The summed E-state index contributed by atoms with van der Waals surface area (Å²) in [6.07, 6.45) is -0.995. The molecular formula is C18H15NO9S2. The Bertz CT molecular complexity index is 1330. The van der Waals surface area contributed by atoms with Crippen molar-refractivity contribution >= 4 is 42.8 Å². The van der Waals surface area contributed by atoms with Gasteiger partial charge in [0.05, 0.1) is 15.5 Å². The van der Waals surface area contributed by atoms with Crippen molar-refractivity contribution in [2.45, 2.75) is 16.4 Å². The molecule has 158 valence electrons. The molecule has 0 heterocycles. The van der Waals surface area contributed by atoms with Gasteiger partial charge in [0, 0.05) is 11.5 Å². The standard InChI is InChI=1S/C18H15NO9S2/c20-16-9-14(30(25,26)27)7-12-6-13(29(22,23)24)8-15(17(12)16)19-18(21)28-10-11-4-2-1-3-5-11/h1-9,20H,10H2,(H,19,21)(H,22,23,24)(H,25,26,27). The maximum Gasteiger partial charge on any atom is 0.411 e. The third kappa shape index (κ3) is 4.86. The lowest BCUT2D eigenvalue weighted by Gasteiger charge is -2.13. The van der Waals surface area contributed by atoms with Crippen molar-refractivity contribution in [2.24, 2.45) is 0 Å². The molecule has 0 aliphatic heterocycles. The highest BCUT2D eigenvalue weighted by Gasteiger charge is 2.20. The van der Waals surface area contributed by atoms with Crippen molar-refractivity contribution in [3.8, 4) is 5.75 Å². The highest BCUT2D eigenvalue weighted by molar-refractivity contribution is 7.86. The lowest BCUT2D eigenvalue weighted by molar-refractivity contribution is 0.155. The number of phenolic OH excluding ortho intramolecular Hbond substituents is 1. The third-order valence-corrected chi connectivity index (χ3v) is 5.68. The fourth-order valence-electron chi connectivity index (χ4n) is 2.70. The summed E-state index contributed by atoms with van der Waals surface area (Å²) in [4.78, 5) is 10.8. The molecule has 0 atom stereocenters. The summed E-state index contributed by atoms with van der Waals surface area (Å²) in [5, 5.41) is 12.2. The Labute approximate surface area is 171 Å². The summed E-state index contributed by atoms with van der Waals surface area (Å²) in [7, 11) is -9.48. The summed E-state index contributed by atoms with van der Waals surface area (Å²) < 4.78 is 69.5. The third-order valence-electron chi connectivity index (χ3n) is 4.02. The number of benzene rings is 3. The first kappa shape index (κ1) is 21.5. The number of carbonyl (C=O) groups excluding carboxylic acids is 1. The SMILES string of the molecule is O=C(Nc1cc(S(=O)(=O)O)cc2cc(S(=O)(=O)O)cc(O)c12)OCc1ccccc1. The zero-order valence-corrected chi connectivity index (χ0v) is 16.6. The molecule has 30 heavy (non-hydrogen) atoms. The van der Waals surface area contributed by atoms with Gasteiger partial charge in [0.1, 0.15) is 12.4 Å². The Balaban J connectivity index is 2.04. The van der Waals surface area contributed by atoms with Gasteiger partial charge in [-0.1, -0.05) is 30.3 Å². The number of hydrogen-bond donors (Lipinski definition) is 4. The Morgan fingerprint density at radius 2 is 1.47 bits per heavy atom. The Hall–Kier alpha value is -3.19. The molecule has 0 aromatic heterocycles. The highest BCUT2D eigenvalue weighted by Crippen LogP contribution is 2.36. The van der Waals surface area contributed by atoms with Crippen molar-refractivity contribution < 1.29 is 40.6 Å². The van der Waals surface area contributed by atoms with E-state index in [-0.39, 0.29) is 23.1 Å². The van der Waals surface area contributed by atoms with Crippen molar-refractivity contribution in [3.05, 3.63) is 60.2 Å². The van der Waals surface area contributed by atoms with Crippen molar-refractivity contribution in [3.63, 3.8) is 0 Å². The smallest absolute Gasteiger partial charge is 0.411 e. The summed E-state index contributed by atoms with van der Waals surface area (Å²) in [6, 6.07) is 12.0. The number of carbonyl (C=O) groups is 1. The maximum absolute atomic E-state index is 12.2. The Morgan fingerprint density at radius 1 is 0.900 bits per heavy atom. The number of anilines is 1. The number of fused-ring (bicyclic) bond motifs is 1. The summed E-state index contributed by atoms with van der Waals surface area (Å²) in [5.74, 6) is -0.666. The molecule has 4 N–H and O–H groups in total. The molecule has 0 fully saturated rings. The largest absolute Gasteiger partial charge is 0.507 e. The van der Waals surface area contributed by atoms with Crippen LogP contribution in [0.15, 0.2) is 64.4 Å². The van der Waals surface area contributed by atoms with Gasteiger partial charge in [0.15, 0.2) is 0 Å². The number of phenols is 1. The fraction of sp³-hybridized carbons (Fsp3) is 0.0556. The number of rotatable bonds is 5. The van der Waals surface area contributed by atoms with Gasteiger partial charge in [-0.2, -0.15) is 16.8 Å². The number of hydrogen-bond acceptors (Lipinski definition) is 7. The molecule has 0 saturated heterocycles. The molecule has 3 aromatic carbocycles. The minimum absolute atomic E-state index is 0.0958. The first-order valence-corrected chi connectivity index (χ1v) is 11.1. The molecule has 3 rings (SSSR count). The van der Waals surface area contributed by atoms with Crippen molar-refractivity contribution in [1.29, 1.82) is 0 Å². The highest BCUT2D eigenvalue weighted by atomic mass is 32.2. The Morgan fingerprint density at radius 3 is 2.03 bits per heavy atom. The van der Waals surface area contributed by atoms with E-state index in [4.69, 9.17) is 4.74 Å². The zero-order valence-electron chi connectivity index (χ0n) is 15.0. The van der Waals surface area contributed by atoms with Gasteiger partial charge in [0.25, 0.3) is 20.2 Å². The average molecular weight is 453 g/mol. The van der Waals surface area contributed by atoms with E-state index in [1.807, 2.05) is 0 Å². The second-order valence-corrected chi connectivity index (χ2v) is 8.99. The summed E-state index contributed by atoms with van der Waals surface area (Å²) in [6.45, 7) is -0.0958. The van der Waals surface area contributed by atoms with Crippen LogP contribution in [-0.2, 0) is 31.6 Å². The number of amides is 1. The molecule has 0 unspecified atom stereocenters. The van der Waals surface area contributed by atoms with E-state index in [9.17, 15) is 35.8 Å². The zero-order chi connectivity index (χ0) is 22.1.